The van der Waals surface area contributed by atoms with Gasteiger partial charge >= 0.3 is 0 Å². The SMILES string of the molecule is COc1ccc(OC)c(CC(=O)N2CCN(Cc3cc(Cl)ccc3OC)CC2)c1. The third-order valence-corrected chi connectivity index (χ3v) is 5.43. The van der Waals surface area contributed by atoms with Gasteiger partial charge in [-0.15, -0.1) is 0 Å². The largest absolute Gasteiger partial charge is 0.497 e. The quantitative estimate of drug-likeness (QED) is 0.690. The summed E-state index contributed by atoms with van der Waals surface area (Å²) in [7, 11) is 4.89. The zero-order valence-electron chi connectivity index (χ0n) is 17.1. The van der Waals surface area contributed by atoms with Gasteiger partial charge in [0.05, 0.1) is 27.8 Å². The molecule has 0 radical (unpaired) electrons. The van der Waals surface area contributed by atoms with E-state index in [0.29, 0.717) is 36.0 Å². The van der Waals surface area contributed by atoms with Crippen molar-refractivity contribution in [3.05, 3.63) is 52.5 Å². The average Bonchev–Trinajstić information content (AvgIpc) is 2.74. The predicted octanol–water partition coefficient (Wildman–Crippen LogP) is 3.25. The average molecular weight is 419 g/mol. The zero-order valence-corrected chi connectivity index (χ0v) is 17.9. The highest BCUT2D eigenvalue weighted by molar-refractivity contribution is 6.30. The van der Waals surface area contributed by atoms with E-state index in [0.717, 1.165) is 36.5 Å². The first-order valence-electron chi connectivity index (χ1n) is 9.57. The fourth-order valence-electron chi connectivity index (χ4n) is 3.56. The lowest BCUT2D eigenvalue weighted by molar-refractivity contribution is -0.132. The lowest BCUT2D eigenvalue weighted by atomic mass is 10.1. The molecule has 1 heterocycles. The topological polar surface area (TPSA) is 51.2 Å². The fraction of sp³-hybridized carbons (Fsp3) is 0.409. The number of carbonyl (C=O) groups is 1. The van der Waals surface area contributed by atoms with Crippen molar-refractivity contribution >= 4 is 17.5 Å². The molecule has 1 aliphatic heterocycles. The van der Waals surface area contributed by atoms with Crippen molar-refractivity contribution in [2.45, 2.75) is 13.0 Å². The summed E-state index contributed by atoms with van der Waals surface area (Å²) in [6.07, 6.45) is 0.294. The first kappa shape index (κ1) is 21.3. The number of methoxy groups -OCH3 is 3. The lowest BCUT2D eigenvalue weighted by Gasteiger charge is -2.35. The van der Waals surface area contributed by atoms with Gasteiger partial charge in [0.25, 0.3) is 0 Å². The molecular formula is C22H27ClN2O4. The zero-order chi connectivity index (χ0) is 20.8. The van der Waals surface area contributed by atoms with Gasteiger partial charge in [0.1, 0.15) is 17.2 Å². The fourth-order valence-corrected chi connectivity index (χ4v) is 3.76. The standard InChI is InChI=1S/C22H27ClN2O4/c1-27-19-5-7-20(28-2)16(13-19)14-22(26)25-10-8-24(9-11-25)15-17-12-18(23)4-6-21(17)29-3/h4-7,12-13H,8-11,14-15H2,1-3H3. The Kier molecular flexibility index (Phi) is 7.23. The molecule has 3 rings (SSSR count). The number of nitrogens with zero attached hydrogens (tertiary/aromatic N) is 2. The lowest BCUT2D eigenvalue weighted by Crippen LogP contribution is -2.48. The van der Waals surface area contributed by atoms with Gasteiger partial charge in [0, 0.05) is 48.9 Å². The second-order valence-corrected chi connectivity index (χ2v) is 7.40. The Labute approximate surface area is 176 Å². The van der Waals surface area contributed by atoms with Crippen molar-refractivity contribution in [3.8, 4) is 17.2 Å². The van der Waals surface area contributed by atoms with E-state index in [1.54, 1.807) is 21.3 Å². The maximum atomic E-state index is 12.8. The Morgan fingerprint density at radius 2 is 1.55 bits per heavy atom. The molecule has 1 saturated heterocycles. The van der Waals surface area contributed by atoms with Gasteiger partial charge in [0.2, 0.25) is 5.91 Å². The molecule has 1 fully saturated rings. The number of hydrogen-bond donors (Lipinski definition) is 0. The summed E-state index contributed by atoms with van der Waals surface area (Å²) in [5.41, 5.74) is 1.89. The molecule has 6 nitrogen and oxygen atoms in total. The number of benzene rings is 2. The van der Waals surface area contributed by atoms with Crippen molar-refractivity contribution in [2.24, 2.45) is 0 Å². The number of halogens is 1. The van der Waals surface area contributed by atoms with Gasteiger partial charge in [0.15, 0.2) is 0 Å². The number of carbonyl (C=O) groups excluding carboxylic acids is 1. The highest BCUT2D eigenvalue weighted by Gasteiger charge is 2.23. The number of amides is 1. The number of ether oxygens (including phenoxy) is 3. The molecule has 0 unspecified atom stereocenters. The smallest absolute Gasteiger partial charge is 0.227 e. The molecule has 2 aromatic carbocycles. The molecular weight excluding hydrogens is 392 g/mol. The van der Waals surface area contributed by atoms with Crippen molar-refractivity contribution in [2.75, 3.05) is 47.5 Å². The van der Waals surface area contributed by atoms with Crippen LogP contribution in [0.4, 0.5) is 0 Å². The molecule has 0 atom stereocenters. The third-order valence-electron chi connectivity index (χ3n) is 5.19. The molecule has 0 spiro atoms. The summed E-state index contributed by atoms with van der Waals surface area (Å²) in [5.74, 6) is 2.34. The monoisotopic (exact) mass is 418 g/mol. The summed E-state index contributed by atoms with van der Waals surface area (Å²) < 4.78 is 16.1. The summed E-state index contributed by atoms with van der Waals surface area (Å²) in [6.45, 7) is 3.73. The molecule has 29 heavy (non-hydrogen) atoms. The van der Waals surface area contributed by atoms with E-state index in [4.69, 9.17) is 25.8 Å². The maximum Gasteiger partial charge on any atom is 0.227 e. The molecule has 0 N–H and O–H groups in total. The molecule has 0 aromatic heterocycles. The summed E-state index contributed by atoms with van der Waals surface area (Å²) in [4.78, 5) is 17.0. The van der Waals surface area contributed by atoms with Crippen LogP contribution in [0, 0.1) is 0 Å². The molecule has 1 amide bonds. The van der Waals surface area contributed by atoms with Crippen LogP contribution in [0.25, 0.3) is 0 Å². The minimum atomic E-state index is 0.0940. The number of piperazine rings is 1. The Bertz CT molecular complexity index is 851. The molecule has 2 aromatic rings. The first-order chi connectivity index (χ1) is 14.0. The van der Waals surface area contributed by atoms with Crippen LogP contribution >= 0.6 is 11.6 Å². The molecule has 0 saturated carbocycles. The molecule has 0 aliphatic carbocycles. The van der Waals surface area contributed by atoms with E-state index in [2.05, 4.69) is 4.90 Å². The van der Waals surface area contributed by atoms with Crippen molar-refractivity contribution in [1.29, 1.82) is 0 Å². The highest BCUT2D eigenvalue weighted by atomic mass is 35.5. The Morgan fingerprint density at radius 1 is 0.897 bits per heavy atom. The molecule has 7 heteroatoms. The van der Waals surface area contributed by atoms with E-state index < -0.39 is 0 Å². The van der Waals surface area contributed by atoms with E-state index >= 15 is 0 Å². The van der Waals surface area contributed by atoms with Crippen LogP contribution in [0.15, 0.2) is 36.4 Å². The van der Waals surface area contributed by atoms with Crippen LogP contribution in [-0.2, 0) is 17.8 Å². The van der Waals surface area contributed by atoms with E-state index in [9.17, 15) is 4.79 Å². The van der Waals surface area contributed by atoms with Crippen LogP contribution in [0.1, 0.15) is 11.1 Å². The normalized spacial score (nSPS) is 14.6. The van der Waals surface area contributed by atoms with E-state index in [1.807, 2.05) is 41.3 Å². The maximum absolute atomic E-state index is 12.8. The van der Waals surface area contributed by atoms with Crippen molar-refractivity contribution in [3.63, 3.8) is 0 Å². The minimum absolute atomic E-state index is 0.0940. The Hall–Kier alpha value is -2.44. The number of hydrogen-bond acceptors (Lipinski definition) is 5. The summed E-state index contributed by atoms with van der Waals surface area (Å²) in [5, 5.41) is 0.696. The Balaban J connectivity index is 1.58. The molecule has 156 valence electrons. The van der Waals surface area contributed by atoms with Crippen LogP contribution < -0.4 is 14.2 Å². The van der Waals surface area contributed by atoms with Crippen LogP contribution in [0.2, 0.25) is 5.02 Å². The molecule has 1 aliphatic rings. The molecule has 0 bridgehead atoms. The van der Waals surface area contributed by atoms with E-state index in [1.165, 1.54) is 0 Å². The van der Waals surface area contributed by atoms with Crippen molar-refractivity contribution in [1.82, 2.24) is 9.80 Å². The second kappa shape index (κ2) is 9.85. The van der Waals surface area contributed by atoms with Gasteiger partial charge in [-0.2, -0.15) is 0 Å². The van der Waals surface area contributed by atoms with Gasteiger partial charge in [-0.1, -0.05) is 11.6 Å². The second-order valence-electron chi connectivity index (χ2n) is 6.97. The first-order valence-corrected chi connectivity index (χ1v) is 9.95. The van der Waals surface area contributed by atoms with Crippen LogP contribution in [0.3, 0.4) is 0 Å². The highest BCUT2D eigenvalue weighted by Crippen LogP contribution is 2.26. The predicted molar refractivity (Wildman–Crippen MR) is 113 cm³/mol. The van der Waals surface area contributed by atoms with Gasteiger partial charge in [-0.3, -0.25) is 9.69 Å². The summed E-state index contributed by atoms with van der Waals surface area (Å²) >= 11 is 6.13. The van der Waals surface area contributed by atoms with Crippen LogP contribution in [0.5, 0.6) is 17.2 Å². The summed E-state index contributed by atoms with van der Waals surface area (Å²) in [6, 6.07) is 11.2. The van der Waals surface area contributed by atoms with Crippen LogP contribution in [-0.4, -0.2) is 63.2 Å². The minimum Gasteiger partial charge on any atom is -0.497 e. The van der Waals surface area contributed by atoms with Gasteiger partial charge in [-0.05, 0) is 36.4 Å². The van der Waals surface area contributed by atoms with E-state index in [-0.39, 0.29) is 5.91 Å². The Morgan fingerprint density at radius 3 is 2.21 bits per heavy atom. The third kappa shape index (κ3) is 5.34. The van der Waals surface area contributed by atoms with Gasteiger partial charge in [-0.25, -0.2) is 0 Å². The van der Waals surface area contributed by atoms with Crippen molar-refractivity contribution < 1.29 is 19.0 Å². The number of rotatable bonds is 7. The van der Waals surface area contributed by atoms with Gasteiger partial charge < -0.3 is 19.1 Å².